The molecule has 106 valence electrons. The van der Waals surface area contributed by atoms with E-state index in [4.69, 9.17) is 9.84 Å². The van der Waals surface area contributed by atoms with Crippen molar-refractivity contribution in [1.29, 1.82) is 0 Å². The van der Waals surface area contributed by atoms with Crippen LogP contribution in [0.25, 0.3) is 0 Å². The predicted octanol–water partition coefficient (Wildman–Crippen LogP) is 2.67. The molecular weight excluding hydrogens is 334 g/mol. The van der Waals surface area contributed by atoms with Crippen LogP contribution in [-0.2, 0) is 4.79 Å². The Bertz CT molecular complexity index is 486. The summed E-state index contributed by atoms with van der Waals surface area (Å²) in [6.45, 7) is 3.99. The van der Waals surface area contributed by atoms with Crippen LogP contribution in [0.5, 0.6) is 5.75 Å². The van der Waals surface area contributed by atoms with E-state index >= 15 is 0 Å². The van der Waals surface area contributed by atoms with Crippen molar-refractivity contribution in [3.05, 3.63) is 14.2 Å². The molecule has 1 unspecified atom stereocenters. The Balaban J connectivity index is 2.69. The molecule has 1 amide bonds. The van der Waals surface area contributed by atoms with Gasteiger partial charge in [-0.3, -0.25) is 9.59 Å². The first kappa shape index (κ1) is 16.0. The lowest BCUT2D eigenvalue weighted by Crippen LogP contribution is -2.28. The molecule has 1 aromatic rings. The minimum absolute atomic E-state index is 0.0323. The molecule has 0 aromatic carbocycles. The highest BCUT2D eigenvalue weighted by Gasteiger charge is 2.21. The zero-order chi connectivity index (χ0) is 14.6. The maximum absolute atomic E-state index is 12.0. The fourth-order valence-corrected chi connectivity index (χ4v) is 3.22. The van der Waals surface area contributed by atoms with Gasteiger partial charge in [0.05, 0.1) is 11.6 Å². The van der Waals surface area contributed by atoms with Gasteiger partial charge in [0.25, 0.3) is 5.91 Å². The van der Waals surface area contributed by atoms with E-state index in [-0.39, 0.29) is 18.2 Å². The molecule has 1 heterocycles. The number of nitrogens with one attached hydrogen (secondary N) is 1. The van der Waals surface area contributed by atoms with Crippen molar-refractivity contribution in [3.8, 4) is 5.75 Å². The maximum atomic E-state index is 12.0. The summed E-state index contributed by atoms with van der Waals surface area (Å²) in [5.74, 6) is -0.704. The van der Waals surface area contributed by atoms with Gasteiger partial charge in [-0.15, -0.1) is 11.3 Å². The fourth-order valence-electron chi connectivity index (χ4n) is 1.55. The second kappa shape index (κ2) is 6.91. The van der Waals surface area contributed by atoms with E-state index in [1.54, 1.807) is 6.92 Å². The number of ether oxygens (including phenoxy) is 1. The molecule has 0 bridgehead atoms. The lowest BCUT2D eigenvalue weighted by molar-refractivity contribution is -0.137. The highest BCUT2D eigenvalue weighted by Crippen LogP contribution is 2.38. The van der Waals surface area contributed by atoms with Crippen molar-refractivity contribution in [1.82, 2.24) is 5.32 Å². The van der Waals surface area contributed by atoms with Crippen molar-refractivity contribution >= 4 is 39.1 Å². The Hall–Kier alpha value is -1.08. The van der Waals surface area contributed by atoms with E-state index in [9.17, 15) is 9.59 Å². The smallest absolute Gasteiger partial charge is 0.303 e. The van der Waals surface area contributed by atoms with Crippen LogP contribution in [-0.4, -0.2) is 30.6 Å². The van der Waals surface area contributed by atoms with Gasteiger partial charge in [-0.25, -0.2) is 0 Å². The number of methoxy groups -OCH3 is 1. The predicted molar refractivity (Wildman–Crippen MR) is 77.1 cm³/mol. The molecule has 0 fully saturated rings. The zero-order valence-electron chi connectivity index (χ0n) is 10.9. The molecule has 1 aromatic heterocycles. The third kappa shape index (κ3) is 4.21. The van der Waals surface area contributed by atoms with E-state index in [0.717, 1.165) is 9.35 Å². The summed E-state index contributed by atoms with van der Waals surface area (Å²) < 4.78 is 5.98. The molecule has 0 aliphatic heterocycles. The summed E-state index contributed by atoms with van der Waals surface area (Å²) in [5, 5.41) is 11.4. The van der Waals surface area contributed by atoms with Crippen molar-refractivity contribution in [2.75, 3.05) is 13.7 Å². The Labute approximate surface area is 124 Å². The van der Waals surface area contributed by atoms with Gasteiger partial charge in [0.2, 0.25) is 0 Å². The maximum Gasteiger partial charge on any atom is 0.303 e. The van der Waals surface area contributed by atoms with Gasteiger partial charge in [0.15, 0.2) is 5.75 Å². The highest BCUT2D eigenvalue weighted by atomic mass is 79.9. The van der Waals surface area contributed by atoms with Gasteiger partial charge in [-0.2, -0.15) is 0 Å². The molecular formula is C12H16BrNO4S. The van der Waals surface area contributed by atoms with Crippen LogP contribution < -0.4 is 10.1 Å². The summed E-state index contributed by atoms with van der Waals surface area (Å²) in [6, 6.07) is 0. The first-order valence-electron chi connectivity index (χ1n) is 5.69. The summed E-state index contributed by atoms with van der Waals surface area (Å²) in [5.41, 5.74) is 0. The summed E-state index contributed by atoms with van der Waals surface area (Å²) in [6.07, 6.45) is 0.0323. The van der Waals surface area contributed by atoms with E-state index in [0.29, 0.717) is 17.2 Å². The first-order valence-corrected chi connectivity index (χ1v) is 7.30. The molecule has 2 N–H and O–H groups in total. The Morgan fingerprint density at radius 2 is 2.16 bits per heavy atom. The number of halogens is 1. The second-order valence-corrected chi connectivity index (χ2v) is 6.27. The van der Waals surface area contributed by atoms with Crippen LogP contribution in [0.2, 0.25) is 0 Å². The molecule has 5 nitrogen and oxygen atoms in total. The van der Waals surface area contributed by atoms with E-state index in [2.05, 4.69) is 21.2 Å². The van der Waals surface area contributed by atoms with E-state index in [1.807, 2.05) is 6.92 Å². The standard InChI is InChI=1S/C12H16BrNO4S/c1-6(4-8(15)16)5-14-12(17)11-10(18-3)9(13)7(2)19-11/h6H,4-5H2,1-3H3,(H,14,17)(H,15,16). The van der Waals surface area contributed by atoms with Gasteiger partial charge < -0.3 is 15.2 Å². The molecule has 1 atom stereocenters. The lowest BCUT2D eigenvalue weighted by atomic mass is 10.1. The number of carboxylic acid groups (broad SMARTS) is 1. The van der Waals surface area contributed by atoms with Gasteiger partial charge in [-0.05, 0) is 28.8 Å². The average molecular weight is 350 g/mol. The van der Waals surface area contributed by atoms with Crippen LogP contribution in [0.4, 0.5) is 0 Å². The van der Waals surface area contributed by atoms with Crippen molar-refractivity contribution in [3.63, 3.8) is 0 Å². The third-order valence-corrected chi connectivity index (χ3v) is 4.82. The Morgan fingerprint density at radius 3 is 2.68 bits per heavy atom. The van der Waals surface area contributed by atoms with Crippen LogP contribution in [0.3, 0.4) is 0 Å². The van der Waals surface area contributed by atoms with E-state index in [1.165, 1.54) is 18.4 Å². The third-order valence-electron chi connectivity index (χ3n) is 2.51. The number of aliphatic carboxylic acids is 1. The summed E-state index contributed by atoms with van der Waals surface area (Å²) in [7, 11) is 1.51. The van der Waals surface area contributed by atoms with Gasteiger partial charge in [0, 0.05) is 17.8 Å². The highest BCUT2D eigenvalue weighted by molar-refractivity contribution is 9.10. The number of carboxylic acids is 1. The molecule has 0 aliphatic carbocycles. The van der Waals surface area contributed by atoms with Crippen molar-refractivity contribution < 1.29 is 19.4 Å². The van der Waals surface area contributed by atoms with Crippen molar-refractivity contribution in [2.24, 2.45) is 5.92 Å². The molecule has 0 saturated carbocycles. The number of aryl methyl sites for hydroxylation is 1. The Morgan fingerprint density at radius 1 is 1.53 bits per heavy atom. The minimum Gasteiger partial charge on any atom is -0.494 e. The fraction of sp³-hybridized carbons (Fsp3) is 0.500. The number of rotatable bonds is 6. The molecule has 0 saturated heterocycles. The summed E-state index contributed by atoms with van der Waals surface area (Å²) >= 11 is 4.71. The molecule has 7 heteroatoms. The number of amides is 1. The van der Waals surface area contributed by atoms with Crippen LogP contribution in [0.1, 0.15) is 27.9 Å². The summed E-state index contributed by atoms with van der Waals surface area (Å²) in [4.78, 5) is 24.0. The van der Waals surface area contributed by atoms with Gasteiger partial charge in [-0.1, -0.05) is 6.92 Å². The number of thiophene rings is 1. The van der Waals surface area contributed by atoms with E-state index < -0.39 is 5.97 Å². The molecule has 0 aliphatic rings. The zero-order valence-corrected chi connectivity index (χ0v) is 13.4. The molecule has 1 rings (SSSR count). The number of hydrogen-bond donors (Lipinski definition) is 2. The number of carbonyl (C=O) groups excluding carboxylic acids is 1. The SMILES string of the molecule is COc1c(C(=O)NCC(C)CC(=O)O)sc(C)c1Br. The molecule has 0 spiro atoms. The first-order chi connectivity index (χ1) is 8.86. The largest absolute Gasteiger partial charge is 0.494 e. The molecule has 0 radical (unpaired) electrons. The van der Waals surface area contributed by atoms with Crippen LogP contribution in [0, 0.1) is 12.8 Å². The molecule has 19 heavy (non-hydrogen) atoms. The normalized spacial score (nSPS) is 12.0. The minimum atomic E-state index is -0.867. The van der Waals surface area contributed by atoms with Crippen LogP contribution in [0.15, 0.2) is 4.47 Å². The average Bonchev–Trinajstić information content (AvgIpc) is 2.61. The van der Waals surface area contributed by atoms with Crippen LogP contribution >= 0.6 is 27.3 Å². The number of carbonyl (C=O) groups is 2. The quantitative estimate of drug-likeness (QED) is 0.827. The Kier molecular flexibility index (Phi) is 5.81. The van der Waals surface area contributed by atoms with Gasteiger partial charge in [0.1, 0.15) is 4.88 Å². The number of hydrogen-bond acceptors (Lipinski definition) is 4. The second-order valence-electron chi connectivity index (χ2n) is 4.25. The van der Waals surface area contributed by atoms with Gasteiger partial charge >= 0.3 is 5.97 Å². The monoisotopic (exact) mass is 349 g/mol. The topological polar surface area (TPSA) is 75.6 Å². The van der Waals surface area contributed by atoms with Crippen molar-refractivity contribution in [2.45, 2.75) is 20.3 Å². The lowest BCUT2D eigenvalue weighted by Gasteiger charge is -2.10.